The molecule has 2 aromatic heterocycles. The molecule has 3 heterocycles. The van der Waals surface area contributed by atoms with Crippen molar-refractivity contribution in [3.05, 3.63) is 42.2 Å². The van der Waals surface area contributed by atoms with Gasteiger partial charge in [-0.15, -0.1) is 0 Å². The first-order valence-corrected chi connectivity index (χ1v) is 11.4. The second-order valence-electron chi connectivity index (χ2n) is 10.1. The van der Waals surface area contributed by atoms with Crippen LogP contribution in [0.5, 0.6) is 0 Å². The van der Waals surface area contributed by atoms with Gasteiger partial charge < -0.3 is 15.0 Å². The average Bonchev–Trinajstić information content (AvgIpc) is 3.18. The molecule has 6 heteroatoms. The smallest absolute Gasteiger partial charge is 0.172 e. The fourth-order valence-corrected chi connectivity index (χ4v) is 5.81. The number of fused-ring (bicyclic) bond motifs is 2. The number of Topliss-reactive ketones (excluding diaryl/α,β-unsaturated/α-hetero) is 1. The summed E-state index contributed by atoms with van der Waals surface area (Å²) in [6.07, 6.45) is 8.82. The molecule has 160 valence electrons. The van der Waals surface area contributed by atoms with E-state index in [0.717, 1.165) is 62.1 Å². The number of ketones is 1. The van der Waals surface area contributed by atoms with Gasteiger partial charge in [-0.3, -0.25) is 4.79 Å². The van der Waals surface area contributed by atoms with Gasteiger partial charge in [-0.1, -0.05) is 31.9 Å². The van der Waals surface area contributed by atoms with Crippen molar-refractivity contribution >= 4 is 22.6 Å². The lowest BCUT2D eigenvalue weighted by molar-refractivity contribution is 0.0825. The Morgan fingerprint density at radius 1 is 1.32 bits per heavy atom. The number of piperidine rings is 1. The monoisotopic (exact) mass is 416 g/mol. The van der Waals surface area contributed by atoms with Crippen molar-refractivity contribution < 1.29 is 9.90 Å². The number of nitrogens with one attached hydrogen (secondary N) is 1. The Labute approximate surface area is 181 Å². The second-order valence-corrected chi connectivity index (χ2v) is 10.1. The number of aromatic amines is 1. The van der Waals surface area contributed by atoms with Gasteiger partial charge in [0.25, 0.3) is 0 Å². The van der Waals surface area contributed by atoms with E-state index >= 15 is 0 Å². The van der Waals surface area contributed by atoms with Gasteiger partial charge in [0.1, 0.15) is 5.52 Å². The quantitative estimate of drug-likeness (QED) is 0.609. The van der Waals surface area contributed by atoms with Crippen LogP contribution in [-0.2, 0) is 0 Å². The van der Waals surface area contributed by atoms with Crippen LogP contribution in [0, 0.1) is 16.7 Å². The maximum Gasteiger partial charge on any atom is 0.172 e. The summed E-state index contributed by atoms with van der Waals surface area (Å²) in [6, 6.07) is 8.37. The molecule has 3 fully saturated rings. The molecule has 6 rings (SSSR count). The first-order chi connectivity index (χ1) is 15.0. The minimum Gasteiger partial charge on any atom is -0.396 e. The molecule has 0 radical (unpaired) electrons. The van der Waals surface area contributed by atoms with Crippen molar-refractivity contribution in [3.8, 4) is 11.3 Å². The molecular weight excluding hydrogens is 388 g/mol. The van der Waals surface area contributed by atoms with Crippen LogP contribution >= 0.6 is 0 Å². The minimum absolute atomic E-state index is 0.117. The van der Waals surface area contributed by atoms with Gasteiger partial charge >= 0.3 is 0 Å². The number of carbonyl (C=O) groups excluding carboxylic acids is 1. The second kappa shape index (κ2) is 6.63. The van der Waals surface area contributed by atoms with E-state index in [1.54, 1.807) is 12.4 Å². The van der Waals surface area contributed by atoms with Crippen LogP contribution in [0.1, 0.15) is 49.4 Å². The Bertz CT molecular complexity index is 1180. The van der Waals surface area contributed by atoms with E-state index in [9.17, 15) is 9.90 Å². The van der Waals surface area contributed by atoms with Crippen LogP contribution in [0.2, 0.25) is 0 Å². The highest BCUT2D eigenvalue weighted by Crippen LogP contribution is 2.58. The van der Waals surface area contributed by atoms with Crippen LogP contribution in [0.25, 0.3) is 22.4 Å². The summed E-state index contributed by atoms with van der Waals surface area (Å²) in [5.74, 6) is 0.796. The van der Waals surface area contributed by atoms with Crippen molar-refractivity contribution in [1.82, 2.24) is 15.0 Å². The summed E-state index contributed by atoms with van der Waals surface area (Å²) >= 11 is 0. The Morgan fingerprint density at radius 2 is 2.16 bits per heavy atom. The number of hydrogen-bond acceptors (Lipinski definition) is 5. The van der Waals surface area contributed by atoms with Crippen LogP contribution in [0.3, 0.4) is 0 Å². The van der Waals surface area contributed by atoms with Gasteiger partial charge in [0.2, 0.25) is 0 Å². The highest BCUT2D eigenvalue weighted by atomic mass is 16.3. The number of rotatable bonds is 5. The zero-order valence-corrected chi connectivity index (χ0v) is 17.9. The number of carbonyl (C=O) groups is 1. The largest absolute Gasteiger partial charge is 0.396 e. The van der Waals surface area contributed by atoms with Crippen LogP contribution in [0.15, 0.2) is 36.7 Å². The van der Waals surface area contributed by atoms with Gasteiger partial charge in [0.05, 0.1) is 24.1 Å². The van der Waals surface area contributed by atoms with E-state index in [1.165, 1.54) is 0 Å². The molecule has 2 atom stereocenters. The van der Waals surface area contributed by atoms with Crippen LogP contribution in [0.4, 0.5) is 5.69 Å². The lowest BCUT2D eigenvalue weighted by Crippen LogP contribution is -2.25. The zero-order valence-electron chi connectivity index (χ0n) is 17.9. The lowest BCUT2D eigenvalue weighted by Gasteiger charge is -2.23. The average molecular weight is 417 g/mol. The maximum absolute atomic E-state index is 13.3. The van der Waals surface area contributed by atoms with Crippen molar-refractivity contribution in [2.24, 2.45) is 16.7 Å². The van der Waals surface area contributed by atoms with E-state index < -0.39 is 0 Å². The summed E-state index contributed by atoms with van der Waals surface area (Å²) in [5.41, 5.74) is 4.75. The number of hydrogen-bond donors (Lipinski definition) is 2. The summed E-state index contributed by atoms with van der Waals surface area (Å²) in [4.78, 5) is 28.2. The summed E-state index contributed by atoms with van der Waals surface area (Å²) < 4.78 is 0. The molecule has 0 amide bonds. The fraction of sp³-hybridized carbons (Fsp3) is 0.480. The van der Waals surface area contributed by atoms with Crippen molar-refractivity contribution in [2.45, 2.75) is 39.0 Å². The van der Waals surface area contributed by atoms with Crippen LogP contribution < -0.4 is 4.90 Å². The van der Waals surface area contributed by atoms with Gasteiger partial charge in [-0.05, 0) is 37.3 Å². The molecule has 0 spiro atoms. The highest BCUT2D eigenvalue weighted by Gasteiger charge is 2.59. The van der Waals surface area contributed by atoms with Crippen molar-refractivity contribution in [2.75, 3.05) is 24.6 Å². The summed E-state index contributed by atoms with van der Waals surface area (Å²) in [6.45, 7) is 4.28. The third kappa shape index (κ3) is 2.92. The first-order valence-electron chi connectivity index (χ1n) is 11.4. The molecule has 0 bridgehead atoms. The van der Waals surface area contributed by atoms with E-state index in [-0.39, 0.29) is 23.2 Å². The molecule has 0 unspecified atom stereocenters. The Morgan fingerprint density at radius 3 is 2.94 bits per heavy atom. The molecule has 6 nitrogen and oxygen atoms in total. The molecule has 31 heavy (non-hydrogen) atoms. The molecule has 3 aromatic rings. The molecule has 2 N–H and O–H groups in total. The first kappa shape index (κ1) is 19.0. The predicted molar refractivity (Wildman–Crippen MR) is 120 cm³/mol. The third-order valence-corrected chi connectivity index (χ3v) is 8.01. The molecule has 2 aliphatic carbocycles. The topological polar surface area (TPSA) is 82.1 Å². The summed E-state index contributed by atoms with van der Waals surface area (Å²) in [5, 5.41) is 9.74. The molecule has 1 saturated heterocycles. The number of anilines is 1. The number of H-pyrrole nitrogens is 1. The van der Waals surface area contributed by atoms with Gasteiger partial charge in [0.15, 0.2) is 11.4 Å². The van der Waals surface area contributed by atoms with E-state index in [0.29, 0.717) is 22.6 Å². The highest BCUT2D eigenvalue weighted by molar-refractivity contribution is 6.08. The molecule has 1 aliphatic heterocycles. The lowest BCUT2D eigenvalue weighted by atomic mass is 9.81. The van der Waals surface area contributed by atoms with Crippen LogP contribution in [-0.4, -0.2) is 45.5 Å². The Hall–Kier alpha value is -2.73. The third-order valence-electron chi connectivity index (χ3n) is 8.01. The van der Waals surface area contributed by atoms with Gasteiger partial charge in [-0.2, -0.15) is 0 Å². The minimum atomic E-state index is -0.286. The van der Waals surface area contributed by atoms with Crippen molar-refractivity contribution in [3.63, 3.8) is 0 Å². The number of benzene rings is 1. The predicted octanol–water partition coefficient (Wildman–Crippen LogP) is 4.21. The Kier molecular flexibility index (Phi) is 4.06. The number of aliphatic hydroxyl groups is 1. The zero-order chi connectivity index (χ0) is 21.2. The fourth-order valence-electron chi connectivity index (χ4n) is 5.81. The SMILES string of the molecule is CC1(C(=O)c2c[nH]c3ncc(-c4cccc(N5C[C@@H]6C[C@@]6(CO)C5)c4)nc23)CCCC1. The molecule has 1 aromatic carbocycles. The standard InChI is InChI=1S/C25H28N4O2/c1-24(7-2-3-8-24)22(31)19-11-26-23-21(19)28-20(12-27-23)16-5-4-6-18(9-16)29-13-17-10-25(17,14-29)15-30/h4-6,9,11-12,17,30H,2-3,7-8,10,13-15H2,1H3,(H,26,27)/t17-,25-/m0/s1. The van der Waals surface area contributed by atoms with E-state index in [4.69, 9.17) is 4.98 Å². The number of aliphatic hydroxyl groups excluding tert-OH is 1. The van der Waals surface area contributed by atoms with E-state index in [2.05, 4.69) is 40.0 Å². The maximum atomic E-state index is 13.3. The molecule has 2 saturated carbocycles. The Balaban J connectivity index is 1.33. The normalized spacial score (nSPS) is 26.4. The number of nitrogens with zero attached hydrogens (tertiary/aromatic N) is 3. The summed E-state index contributed by atoms with van der Waals surface area (Å²) in [7, 11) is 0. The van der Waals surface area contributed by atoms with Gasteiger partial charge in [-0.25, -0.2) is 9.97 Å². The van der Waals surface area contributed by atoms with Crippen molar-refractivity contribution in [1.29, 1.82) is 0 Å². The van der Waals surface area contributed by atoms with E-state index in [1.807, 2.05) is 6.07 Å². The number of aromatic nitrogens is 3. The molecule has 3 aliphatic rings. The molecular formula is C25H28N4O2. The van der Waals surface area contributed by atoms with Gasteiger partial charge in [0, 0.05) is 41.4 Å².